The third-order valence-corrected chi connectivity index (χ3v) is 4.72. The van der Waals surface area contributed by atoms with Gasteiger partial charge in [0.1, 0.15) is 5.82 Å². The molecule has 6 heteroatoms. The predicted octanol–water partition coefficient (Wildman–Crippen LogP) is 2.70. The summed E-state index contributed by atoms with van der Waals surface area (Å²) < 4.78 is 6.92. The molecule has 2 aliphatic rings. The zero-order valence-corrected chi connectivity index (χ0v) is 13.6. The molecule has 0 spiro atoms. The third-order valence-electron chi connectivity index (χ3n) is 4.72. The van der Waals surface area contributed by atoms with E-state index in [-0.39, 0.29) is 17.5 Å². The van der Waals surface area contributed by atoms with Crippen molar-refractivity contribution >= 4 is 17.6 Å². The fraction of sp³-hybridized carbons (Fsp3) is 0.389. The van der Waals surface area contributed by atoms with Gasteiger partial charge >= 0.3 is 5.97 Å². The first-order valence-electron chi connectivity index (χ1n) is 8.35. The Bertz CT molecular complexity index is 808. The van der Waals surface area contributed by atoms with E-state index in [0.717, 1.165) is 30.6 Å². The summed E-state index contributed by atoms with van der Waals surface area (Å²) in [6.07, 6.45) is 4.73. The number of para-hydroxylation sites is 2. The van der Waals surface area contributed by atoms with Crippen molar-refractivity contribution in [2.75, 3.05) is 11.5 Å². The lowest BCUT2D eigenvalue weighted by molar-refractivity contribution is -0.124. The Morgan fingerprint density at radius 2 is 2.00 bits per heavy atom. The number of amides is 1. The van der Waals surface area contributed by atoms with Crippen LogP contribution in [0.1, 0.15) is 42.5 Å². The van der Waals surface area contributed by atoms with Gasteiger partial charge in [0.2, 0.25) is 5.91 Å². The van der Waals surface area contributed by atoms with Crippen molar-refractivity contribution < 1.29 is 14.3 Å². The maximum absolute atomic E-state index is 12.8. The molecule has 0 unspecified atom stereocenters. The summed E-state index contributed by atoms with van der Waals surface area (Å²) in [4.78, 5) is 31.0. The maximum Gasteiger partial charge on any atom is 0.358 e. The minimum Gasteiger partial charge on any atom is -0.461 e. The number of rotatable bonds is 3. The first-order chi connectivity index (χ1) is 11.7. The molecule has 6 nitrogen and oxygen atoms in total. The molecule has 0 radical (unpaired) electrons. The number of imidazole rings is 1. The van der Waals surface area contributed by atoms with E-state index in [1.165, 1.54) is 0 Å². The van der Waals surface area contributed by atoms with E-state index >= 15 is 0 Å². The molecule has 0 N–H and O–H groups in total. The molecule has 2 heterocycles. The Kier molecular flexibility index (Phi) is 3.59. The molecular formula is C18H19N3O3. The van der Waals surface area contributed by atoms with Gasteiger partial charge in [-0.25, -0.2) is 9.78 Å². The van der Waals surface area contributed by atoms with Crippen molar-refractivity contribution in [3.8, 4) is 5.69 Å². The van der Waals surface area contributed by atoms with E-state index in [0.29, 0.717) is 19.0 Å². The first-order valence-corrected chi connectivity index (χ1v) is 8.35. The molecule has 24 heavy (non-hydrogen) atoms. The van der Waals surface area contributed by atoms with E-state index in [2.05, 4.69) is 4.98 Å². The van der Waals surface area contributed by atoms with Gasteiger partial charge in [0.15, 0.2) is 5.69 Å². The van der Waals surface area contributed by atoms with Crippen LogP contribution in [0.15, 0.2) is 30.5 Å². The quantitative estimate of drug-likeness (QED) is 0.814. The second-order valence-corrected chi connectivity index (χ2v) is 6.17. The number of hydrogen-bond donors (Lipinski definition) is 0. The van der Waals surface area contributed by atoms with E-state index < -0.39 is 5.97 Å². The highest BCUT2D eigenvalue weighted by molar-refractivity contribution is 5.98. The van der Waals surface area contributed by atoms with Gasteiger partial charge in [-0.2, -0.15) is 0 Å². The van der Waals surface area contributed by atoms with E-state index in [9.17, 15) is 9.59 Å². The van der Waals surface area contributed by atoms with Crippen LogP contribution in [0.4, 0.5) is 5.69 Å². The van der Waals surface area contributed by atoms with E-state index in [1.54, 1.807) is 18.0 Å². The van der Waals surface area contributed by atoms with E-state index in [4.69, 9.17) is 4.74 Å². The topological polar surface area (TPSA) is 64.4 Å². The van der Waals surface area contributed by atoms with Gasteiger partial charge in [-0.1, -0.05) is 18.6 Å². The second kappa shape index (κ2) is 5.78. The van der Waals surface area contributed by atoms with Gasteiger partial charge < -0.3 is 9.64 Å². The number of nitrogens with zero attached hydrogens (tertiary/aromatic N) is 3. The van der Waals surface area contributed by atoms with Crippen LogP contribution in [0.2, 0.25) is 0 Å². The normalized spacial score (nSPS) is 16.1. The van der Waals surface area contributed by atoms with Crippen molar-refractivity contribution in [3.63, 3.8) is 0 Å². The Morgan fingerprint density at radius 3 is 2.67 bits per heavy atom. The van der Waals surface area contributed by atoms with Gasteiger partial charge in [0, 0.05) is 12.1 Å². The molecule has 1 aromatic heterocycles. The van der Waals surface area contributed by atoms with Crippen molar-refractivity contribution in [2.24, 2.45) is 5.92 Å². The zero-order valence-electron chi connectivity index (χ0n) is 13.6. The van der Waals surface area contributed by atoms with Crippen molar-refractivity contribution in [2.45, 2.75) is 32.7 Å². The summed E-state index contributed by atoms with van der Waals surface area (Å²) in [5, 5.41) is 0. The monoisotopic (exact) mass is 325 g/mol. The van der Waals surface area contributed by atoms with Crippen LogP contribution in [0.5, 0.6) is 0 Å². The van der Waals surface area contributed by atoms with Crippen LogP contribution >= 0.6 is 0 Å². The number of anilines is 1. The molecular weight excluding hydrogens is 306 g/mol. The Balaban J connectivity index is 1.74. The lowest BCUT2D eigenvalue weighted by atomic mass is 9.84. The molecule has 124 valence electrons. The lowest BCUT2D eigenvalue weighted by Crippen LogP contribution is -2.41. The summed E-state index contributed by atoms with van der Waals surface area (Å²) in [6.45, 7) is 2.46. The van der Waals surface area contributed by atoms with Crippen molar-refractivity contribution in [1.82, 2.24) is 9.55 Å². The summed E-state index contributed by atoms with van der Waals surface area (Å²) >= 11 is 0. The molecule has 2 aromatic rings. The first kappa shape index (κ1) is 14.9. The van der Waals surface area contributed by atoms with Gasteiger partial charge in [0.05, 0.1) is 24.5 Å². The number of carbonyl (C=O) groups is 2. The highest BCUT2D eigenvalue weighted by atomic mass is 16.5. The van der Waals surface area contributed by atoms with Gasteiger partial charge in [-0.15, -0.1) is 0 Å². The molecule has 0 bridgehead atoms. The maximum atomic E-state index is 12.8. The van der Waals surface area contributed by atoms with Crippen LogP contribution in [-0.2, 0) is 16.1 Å². The molecule has 0 saturated heterocycles. The van der Waals surface area contributed by atoms with Crippen LogP contribution in [-0.4, -0.2) is 28.0 Å². The number of benzene rings is 1. The van der Waals surface area contributed by atoms with E-state index in [1.807, 2.05) is 28.8 Å². The minimum absolute atomic E-state index is 0.115. The number of esters is 1. The molecule has 1 aromatic carbocycles. The highest BCUT2D eigenvalue weighted by Gasteiger charge is 2.34. The standard InChI is InChI=1S/C18H19N3O3/c1-2-24-18(23)13-10-20-14-8-3-4-9-15(14)21(11-16(20)19-13)17(22)12-6-5-7-12/h3-4,8-10,12H,2,5-7,11H2,1H3. The van der Waals surface area contributed by atoms with Gasteiger partial charge in [-0.3, -0.25) is 9.36 Å². The predicted molar refractivity (Wildman–Crippen MR) is 88.1 cm³/mol. The SMILES string of the molecule is CCOC(=O)c1cn2c(n1)CN(C(=O)C1CCC1)c1ccccc1-2. The smallest absolute Gasteiger partial charge is 0.358 e. The number of fused-ring (bicyclic) bond motifs is 3. The number of carbonyl (C=O) groups excluding carboxylic acids is 2. The van der Waals surface area contributed by atoms with Crippen LogP contribution < -0.4 is 4.90 Å². The molecule has 1 aliphatic heterocycles. The van der Waals surface area contributed by atoms with Crippen LogP contribution in [0.25, 0.3) is 5.69 Å². The summed E-state index contributed by atoms with van der Waals surface area (Å²) in [5.41, 5.74) is 2.02. The number of aromatic nitrogens is 2. The summed E-state index contributed by atoms with van der Waals surface area (Å²) in [6, 6.07) is 7.73. The fourth-order valence-electron chi connectivity index (χ4n) is 3.24. The second-order valence-electron chi connectivity index (χ2n) is 6.17. The largest absolute Gasteiger partial charge is 0.461 e. The molecule has 1 amide bonds. The summed E-state index contributed by atoms with van der Waals surface area (Å²) in [5.74, 6) is 0.517. The Labute approximate surface area is 140 Å². The van der Waals surface area contributed by atoms with Crippen molar-refractivity contribution in [3.05, 3.63) is 42.0 Å². The highest BCUT2D eigenvalue weighted by Crippen LogP contribution is 2.36. The van der Waals surface area contributed by atoms with Gasteiger partial charge in [-0.05, 0) is 31.9 Å². The van der Waals surface area contributed by atoms with Gasteiger partial charge in [0.25, 0.3) is 0 Å². The van der Waals surface area contributed by atoms with Crippen molar-refractivity contribution in [1.29, 1.82) is 0 Å². The third kappa shape index (κ3) is 2.29. The fourth-order valence-corrected chi connectivity index (χ4v) is 3.24. The van der Waals surface area contributed by atoms with Crippen LogP contribution in [0.3, 0.4) is 0 Å². The molecule has 4 rings (SSSR count). The number of ether oxygens (including phenoxy) is 1. The molecule has 1 saturated carbocycles. The Morgan fingerprint density at radius 1 is 1.25 bits per heavy atom. The lowest BCUT2D eigenvalue weighted by Gasteiger charge is -2.35. The average Bonchev–Trinajstić information content (AvgIpc) is 2.97. The van der Waals surface area contributed by atoms with Crippen LogP contribution in [0, 0.1) is 5.92 Å². The number of hydrogen-bond acceptors (Lipinski definition) is 4. The molecule has 1 fully saturated rings. The molecule has 0 atom stereocenters. The zero-order chi connectivity index (χ0) is 16.7. The average molecular weight is 325 g/mol. The molecule has 1 aliphatic carbocycles. The summed E-state index contributed by atoms with van der Waals surface area (Å²) in [7, 11) is 0. The Hall–Kier alpha value is -2.63. The minimum atomic E-state index is -0.436.